The summed E-state index contributed by atoms with van der Waals surface area (Å²) in [7, 11) is -1.72. The Morgan fingerprint density at radius 1 is 1.43 bits per heavy atom. The number of fused-ring (bicyclic) bond motifs is 1. The standard InChI is InChI=1S/C19H28N6O3S2/c1-14(26)23-19-22-10-17(29-19)13-24-8-5-15-11-25(12-16(21-3)4-7-20-2)30(27,28)18(15)6-9-24/h4,7,10,15,18H,3,5-6,8-9,11-13H2,1-2H3,(H,22,23,26)/b16-4-,20-7-. The highest BCUT2D eigenvalue weighted by Gasteiger charge is 2.46. The molecule has 1 amide bonds. The van der Waals surface area contributed by atoms with Crippen LogP contribution in [0.1, 0.15) is 24.6 Å². The number of aliphatic imine (C=N–C) groups is 2. The number of rotatable bonds is 7. The molecule has 3 heterocycles. The van der Waals surface area contributed by atoms with Crippen molar-refractivity contribution in [1.82, 2.24) is 14.2 Å². The predicted molar refractivity (Wildman–Crippen MR) is 121 cm³/mol. The lowest BCUT2D eigenvalue weighted by Crippen LogP contribution is -2.33. The van der Waals surface area contributed by atoms with Crippen LogP contribution < -0.4 is 5.32 Å². The third-order valence-corrected chi connectivity index (χ3v) is 8.71. The number of aromatic nitrogens is 1. The number of nitrogens with zero attached hydrogens (tertiary/aromatic N) is 5. The fraction of sp³-hybridized carbons (Fsp3) is 0.579. The zero-order chi connectivity index (χ0) is 21.7. The van der Waals surface area contributed by atoms with Crippen LogP contribution in [0.2, 0.25) is 0 Å². The summed E-state index contributed by atoms with van der Waals surface area (Å²) < 4.78 is 27.8. The number of amides is 1. The number of anilines is 1. The van der Waals surface area contributed by atoms with Crippen LogP contribution in [0.15, 0.2) is 28.0 Å². The third-order valence-electron chi connectivity index (χ3n) is 5.43. The zero-order valence-electron chi connectivity index (χ0n) is 17.3. The SMILES string of the molecule is C=N/C(=C\C=N/C)CN1CC2CCN(Cc3cnc(NC(C)=O)s3)CCC2S1(=O)=O. The molecule has 2 aliphatic heterocycles. The first kappa shape index (κ1) is 22.7. The quantitative estimate of drug-likeness (QED) is 0.633. The number of allylic oxidation sites excluding steroid dienone is 1. The Balaban J connectivity index is 1.62. The van der Waals surface area contributed by atoms with Gasteiger partial charge in [0, 0.05) is 44.3 Å². The summed E-state index contributed by atoms with van der Waals surface area (Å²) in [6.07, 6.45) is 6.50. The van der Waals surface area contributed by atoms with Gasteiger partial charge in [0.1, 0.15) is 0 Å². The molecule has 11 heteroatoms. The minimum Gasteiger partial charge on any atom is -0.302 e. The van der Waals surface area contributed by atoms with Crippen LogP contribution in [0.25, 0.3) is 0 Å². The van der Waals surface area contributed by atoms with E-state index in [0.717, 1.165) is 17.8 Å². The highest BCUT2D eigenvalue weighted by Crippen LogP contribution is 2.35. The first-order valence-electron chi connectivity index (χ1n) is 9.85. The van der Waals surface area contributed by atoms with E-state index in [9.17, 15) is 13.2 Å². The summed E-state index contributed by atoms with van der Waals surface area (Å²) in [5, 5.41) is 2.93. The highest BCUT2D eigenvalue weighted by molar-refractivity contribution is 7.90. The van der Waals surface area contributed by atoms with Gasteiger partial charge in [-0.1, -0.05) is 0 Å². The minimum absolute atomic E-state index is 0.113. The topological polar surface area (TPSA) is 107 Å². The van der Waals surface area contributed by atoms with Crippen LogP contribution in [-0.2, 0) is 21.4 Å². The van der Waals surface area contributed by atoms with Crippen LogP contribution in [0.4, 0.5) is 5.13 Å². The summed E-state index contributed by atoms with van der Waals surface area (Å²) >= 11 is 1.45. The number of hydrogen-bond acceptors (Lipinski definition) is 8. The maximum Gasteiger partial charge on any atom is 0.223 e. The molecule has 0 radical (unpaired) electrons. The van der Waals surface area contributed by atoms with Gasteiger partial charge in [-0.3, -0.25) is 19.7 Å². The Morgan fingerprint density at radius 2 is 2.20 bits per heavy atom. The van der Waals surface area contributed by atoms with Crippen molar-refractivity contribution in [3.63, 3.8) is 0 Å². The molecule has 3 rings (SSSR count). The molecule has 0 saturated carbocycles. The molecule has 2 aliphatic rings. The average molecular weight is 453 g/mol. The van der Waals surface area contributed by atoms with Crippen molar-refractivity contribution in [1.29, 1.82) is 0 Å². The number of hydrogen-bond donors (Lipinski definition) is 1. The molecule has 0 aromatic carbocycles. The van der Waals surface area contributed by atoms with Gasteiger partial charge in [0.2, 0.25) is 15.9 Å². The van der Waals surface area contributed by atoms with Crippen molar-refractivity contribution >= 4 is 45.3 Å². The first-order valence-corrected chi connectivity index (χ1v) is 12.2. The van der Waals surface area contributed by atoms with E-state index in [1.165, 1.54) is 18.3 Å². The number of thiazole rings is 1. The van der Waals surface area contributed by atoms with Gasteiger partial charge in [0.25, 0.3) is 0 Å². The number of carbonyl (C=O) groups is 1. The predicted octanol–water partition coefficient (Wildman–Crippen LogP) is 1.61. The molecule has 2 saturated heterocycles. The van der Waals surface area contributed by atoms with E-state index in [1.807, 2.05) is 0 Å². The molecule has 1 aromatic rings. The van der Waals surface area contributed by atoms with Gasteiger partial charge in [-0.15, -0.1) is 11.3 Å². The summed E-state index contributed by atoms with van der Waals surface area (Å²) in [5.74, 6) is -0.0257. The van der Waals surface area contributed by atoms with E-state index in [2.05, 4.69) is 31.9 Å². The van der Waals surface area contributed by atoms with E-state index in [4.69, 9.17) is 0 Å². The van der Waals surface area contributed by atoms with Crippen LogP contribution in [0, 0.1) is 5.92 Å². The lowest BCUT2D eigenvalue weighted by atomic mass is 10.0. The molecule has 164 valence electrons. The van der Waals surface area contributed by atoms with Crippen LogP contribution in [-0.4, -0.2) is 79.9 Å². The van der Waals surface area contributed by atoms with Crippen molar-refractivity contribution in [3.05, 3.63) is 22.8 Å². The molecule has 0 aliphatic carbocycles. The van der Waals surface area contributed by atoms with Gasteiger partial charge in [-0.25, -0.2) is 13.4 Å². The van der Waals surface area contributed by atoms with E-state index < -0.39 is 10.0 Å². The van der Waals surface area contributed by atoms with Crippen molar-refractivity contribution in [3.8, 4) is 0 Å². The second-order valence-electron chi connectivity index (χ2n) is 7.53. The Kier molecular flexibility index (Phi) is 7.50. The Labute approximate surface area is 181 Å². The lowest BCUT2D eigenvalue weighted by molar-refractivity contribution is -0.114. The van der Waals surface area contributed by atoms with E-state index >= 15 is 0 Å². The number of carbonyl (C=O) groups excluding carboxylic acids is 1. The van der Waals surface area contributed by atoms with Crippen molar-refractivity contribution in [2.45, 2.75) is 31.6 Å². The lowest BCUT2D eigenvalue weighted by Gasteiger charge is -2.21. The molecule has 0 bridgehead atoms. The minimum atomic E-state index is -3.37. The van der Waals surface area contributed by atoms with Crippen LogP contribution in [0.5, 0.6) is 0 Å². The summed E-state index contributed by atoms with van der Waals surface area (Å²) in [6, 6.07) is 0. The van der Waals surface area contributed by atoms with Crippen molar-refractivity contribution in [2.24, 2.45) is 15.9 Å². The van der Waals surface area contributed by atoms with Gasteiger partial charge in [0.05, 0.1) is 17.5 Å². The molecule has 2 unspecified atom stereocenters. The Morgan fingerprint density at radius 3 is 2.90 bits per heavy atom. The van der Waals surface area contributed by atoms with Gasteiger partial charge in [0.15, 0.2) is 5.13 Å². The van der Waals surface area contributed by atoms with Crippen LogP contribution in [0.3, 0.4) is 0 Å². The summed E-state index contributed by atoms with van der Waals surface area (Å²) in [4.78, 5) is 26.5. The molecular formula is C19H28N6O3S2. The maximum absolute atomic E-state index is 13.1. The first-order chi connectivity index (χ1) is 14.3. The van der Waals surface area contributed by atoms with Crippen molar-refractivity contribution in [2.75, 3.05) is 38.5 Å². The van der Waals surface area contributed by atoms with Crippen molar-refractivity contribution < 1.29 is 13.2 Å². The molecule has 9 nitrogen and oxygen atoms in total. The molecule has 1 aromatic heterocycles. The van der Waals surface area contributed by atoms with E-state index in [-0.39, 0.29) is 23.6 Å². The van der Waals surface area contributed by atoms with Gasteiger partial charge in [-0.2, -0.15) is 4.31 Å². The highest BCUT2D eigenvalue weighted by atomic mass is 32.2. The number of nitrogens with one attached hydrogen (secondary N) is 1. The van der Waals surface area contributed by atoms with Gasteiger partial charge in [-0.05, 0) is 44.6 Å². The van der Waals surface area contributed by atoms with Crippen LogP contribution >= 0.6 is 11.3 Å². The fourth-order valence-corrected chi connectivity index (χ4v) is 7.08. The molecule has 2 fully saturated rings. The summed E-state index contributed by atoms with van der Waals surface area (Å²) in [6.45, 7) is 8.02. The fourth-order valence-electron chi connectivity index (χ4n) is 3.97. The monoisotopic (exact) mass is 452 g/mol. The average Bonchev–Trinajstić information content (AvgIpc) is 3.13. The smallest absolute Gasteiger partial charge is 0.223 e. The second kappa shape index (κ2) is 9.90. The molecule has 2 atom stereocenters. The molecule has 1 N–H and O–H groups in total. The number of likely N-dealkylation sites (tertiary alicyclic amines) is 1. The molecule has 0 spiro atoms. The summed E-state index contributed by atoms with van der Waals surface area (Å²) in [5.41, 5.74) is 0.599. The van der Waals surface area contributed by atoms with E-state index in [1.54, 1.807) is 29.8 Å². The number of sulfonamides is 1. The Bertz CT molecular complexity index is 940. The zero-order valence-corrected chi connectivity index (χ0v) is 19.0. The van der Waals surface area contributed by atoms with Gasteiger partial charge >= 0.3 is 0 Å². The van der Waals surface area contributed by atoms with Gasteiger partial charge < -0.3 is 5.32 Å². The largest absolute Gasteiger partial charge is 0.302 e. The maximum atomic E-state index is 13.1. The molecular weight excluding hydrogens is 424 g/mol. The third kappa shape index (κ3) is 5.39. The molecule has 30 heavy (non-hydrogen) atoms. The Hall–Kier alpha value is -1.95. The van der Waals surface area contributed by atoms with E-state index in [0.29, 0.717) is 36.9 Å². The second-order valence-corrected chi connectivity index (χ2v) is 10.8. The normalized spacial score (nSPS) is 25.2.